The van der Waals surface area contributed by atoms with Crippen molar-refractivity contribution in [2.75, 3.05) is 66.0 Å². The van der Waals surface area contributed by atoms with Crippen molar-refractivity contribution < 1.29 is 38.0 Å². The van der Waals surface area contributed by atoms with Gasteiger partial charge in [-0.05, 0) is 27.2 Å². The number of esters is 1. The van der Waals surface area contributed by atoms with Crippen LogP contribution in [0.2, 0.25) is 0 Å². The summed E-state index contributed by atoms with van der Waals surface area (Å²) >= 11 is 0. The lowest BCUT2D eigenvalue weighted by Crippen LogP contribution is -2.34. The minimum Gasteiger partial charge on any atom is -0.463 e. The summed E-state index contributed by atoms with van der Waals surface area (Å²) in [4.78, 5) is 22.8. The Morgan fingerprint density at radius 2 is 1.23 bits per heavy atom. The molecule has 0 saturated heterocycles. The van der Waals surface area contributed by atoms with E-state index in [-0.39, 0.29) is 12.6 Å². The molecule has 0 aliphatic rings. The van der Waals surface area contributed by atoms with Crippen molar-refractivity contribution in [1.82, 2.24) is 5.32 Å². The van der Waals surface area contributed by atoms with Gasteiger partial charge < -0.3 is 33.7 Å². The third kappa shape index (κ3) is 22.9. The fourth-order valence-corrected chi connectivity index (χ4v) is 2.11. The molecule has 0 radical (unpaired) electrons. The predicted molar refractivity (Wildman–Crippen MR) is 113 cm³/mol. The Morgan fingerprint density at radius 3 is 1.73 bits per heavy atom. The number of carbonyl (C=O) groups is 2. The van der Waals surface area contributed by atoms with Gasteiger partial charge in [0.15, 0.2) is 0 Å². The van der Waals surface area contributed by atoms with E-state index in [9.17, 15) is 9.59 Å². The number of ether oxygens (including phenoxy) is 6. The second kappa shape index (κ2) is 19.5. The molecule has 1 N–H and O–H groups in total. The molecule has 0 aromatic rings. The van der Waals surface area contributed by atoms with Crippen molar-refractivity contribution >= 4 is 12.1 Å². The van der Waals surface area contributed by atoms with E-state index < -0.39 is 11.7 Å². The van der Waals surface area contributed by atoms with E-state index in [1.165, 1.54) is 0 Å². The van der Waals surface area contributed by atoms with Crippen LogP contribution < -0.4 is 5.32 Å². The maximum Gasteiger partial charge on any atom is 0.407 e. The molecule has 0 spiro atoms. The summed E-state index contributed by atoms with van der Waals surface area (Å²) in [6, 6.07) is 0. The first-order valence-electron chi connectivity index (χ1n) is 10.8. The summed E-state index contributed by atoms with van der Waals surface area (Å²) in [5.74, 6) is -0.163. The van der Waals surface area contributed by atoms with Gasteiger partial charge in [-0.15, -0.1) is 0 Å². The summed E-state index contributed by atoms with van der Waals surface area (Å²) in [7, 11) is 0. The maximum atomic E-state index is 11.4. The van der Waals surface area contributed by atoms with Gasteiger partial charge in [0.05, 0.1) is 52.9 Å². The van der Waals surface area contributed by atoms with Gasteiger partial charge in [-0.1, -0.05) is 19.8 Å². The van der Waals surface area contributed by atoms with Gasteiger partial charge in [0, 0.05) is 13.0 Å². The van der Waals surface area contributed by atoms with Crippen LogP contribution in [0.15, 0.2) is 0 Å². The highest BCUT2D eigenvalue weighted by Gasteiger charge is 2.15. The van der Waals surface area contributed by atoms with Crippen LogP contribution in [0.4, 0.5) is 4.79 Å². The van der Waals surface area contributed by atoms with Gasteiger partial charge in [0.2, 0.25) is 0 Å². The van der Waals surface area contributed by atoms with Crippen molar-refractivity contribution in [3.63, 3.8) is 0 Å². The van der Waals surface area contributed by atoms with E-state index in [4.69, 9.17) is 28.4 Å². The molecule has 178 valence electrons. The van der Waals surface area contributed by atoms with Crippen LogP contribution in [0.3, 0.4) is 0 Å². The zero-order valence-electron chi connectivity index (χ0n) is 19.2. The number of rotatable bonds is 19. The second-order valence-electron chi connectivity index (χ2n) is 7.56. The van der Waals surface area contributed by atoms with E-state index in [0.29, 0.717) is 65.8 Å². The Hall–Kier alpha value is -1.42. The molecule has 0 rings (SSSR count). The molecule has 0 aliphatic carbocycles. The lowest BCUT2D eigenvalue weighted by Gasteiger charge is -2.19. The number of carbonyl (C=O) groups excluding carboxylic acids is 2. The Morgan fingerprint density at radius 1 is 0.733 bits per heavy atom. The number of hydrogen-bond acceptors (Lipinski definition) is 8. The van der Waals surface area contributed by atoms with Gasteiger partial charge in [0.25, 0.3) is 0 Å². The molecule has 0 bridgehead atoms. The quantitative estimate of drug-likeness (QED) is 0.244. The molecule has 0 unspecified atom stereocenters. The zero-order valence-corrected chi connectivity index (χ0v) is 19.2. The summed E-state index contributed by atoms with van der Waals surface area (Å²) in [6.07, 6.45) is 3.04. The lowest BCUT2D eigenvalue weighted by atomic mass is 10.2. The smallest absolute Gasteiger partial charge is 0.407 e. The number of nitrogens with one attached hydrogen (secondary N) is 1. The van der Waals surface area contributed by atoms with Crippen LogP contribution >= 0.6 is 0 Å². The van der Waals surface area contributed by atoms with E-state index in [1.54, 1.807) is 0 Å². The average molecular weight is 436 g/mol. The minimum atomic E-state index is -0.505. The number of alkyl carbamates (subject to hydrolysis) is 1. The highest BCUT2D eigenvalue weighted by Crippen LogP contribution is 2.06. The summed E-state index contributed by atoms with van der Waals surface area (Å²) in [5, 5.41) is 2.61. The van der Waals surface area contributed by atoms with E-state index in [2.05, 4.69) is 12.2 Å². The highest BCUT2D eigenvalue weighted by atomic mass is 16.6. The zero-order chi connectivity index (χ0) is 22.5. The molecular weight excluding hydrogens is 394 g/mol. The molecular formula is C21H41NO8. The van der Waals surface area contributed by atoms with Crippen molar-refractivity contribution in [3.05, 3.63) is 0 Å². The van der Waals surface area contributed by atoms with Crippen LogP contribution in [0.25, 0.3) is 0 Å². The Bertz CT molecular complexity index is 426. The third-order valence-corrected chi connectivity index (χ3v) is 3.51. The van der Waals surface area contributed by atoms with Crippen LogP contribution in [-0.2, 0) is 33.2 Å². The number of amides is 1. The fourth-order valence-electron chi connectivity index (χ4n) is 2.11. The minimum absolute atomic E-state index is 0.163. The van der Waals surface area contributed by atoms with Crippen molar-refractivity contribution in [2.24, 2.45) is 0 Å². The predicted octanol–water partition coefficient (Wildman–Crippen LogP) is 2.70. The monoisotopic (exact) mass is 435 g/mol. The Kier molecular flexibility index (Phi) is 18.6. The van der Waals surface area contributed by atoms with Gasteiger partial charge >= 0.3 is 12.1 Å². The summed E-state index contributed by atoms with van der Waals surface area (Å²) in [5.41, 5.74) is -0.505. The Labute approximate surface area is 181 Å². The van der Waals surface area contributed by atoms with Gasteiger partial charge in [0.1, 0.15) is 12.2 Å². The fraction of sp³-hybridized carbons (Fsp3) is 0.905. The lowest BCUT2D eigenvalue weighted by molar-refractivity contribution is -0.145. The van der Waals surface area contributed by atoms with Crippen LogP contribution in [0.5, 0.6) is 0 Å². The molecule has 9 nitrogen and oxygen atoms in total. The molecule has 9 heteroatoms. The molecule has 30 heavy (non-hydrogen) atoms. The van der Waals surface area contributed by atoms with Crippen LogP contribution in [0.1, 0.15) is 53.4 Å². The molecule has 0 heterocycles. The summed E-state index contributed by atoms with van der Waals surface area (Å²) < 4.78 is 31.6. The molecule has 0 aromatic carbocycles. The second-order valence-corrected chi connectivity index (χ2v) is 7.56. The largest absolute Gasteiger partial charge is 0.463 e. The maximum absolute atomic E-state index is 11.4. The van der Waals surface area contributed by atoms with Crippen molar-refractivity contribution in [3.8, 4) is 0 Å². The van der Waals surface area contributed by atoms with E-state index in [1.807, 2.05) is 20.8 Å². The number of hydrogen-bond donors (Lipinski definition) is 1. The SMILES string of the molecule is CCCCCC(=O)OCCOCCOCCOCCOCCNC(=O)OC(C)(C)C. The first-order valence-corrected chi connectivity index (χ1v) is 10.8. The van der Waals surface area contributed by atoms with Gasteiger partial charge in [-0.25, -0.2) is 4.79 Å². The first kappa shape index (κ1) is 28.6. The Balaban J connectivity index is 3.20. The van der Waals surface area contributed by atoms with Crippen molar-refractivity contribution in [2.45, 2.75) is 59.0 Å². The van der Waals surface area contributed by atoms with E-state index >= 15 is 0 Å². The topological polar surface area (TPSA) is 102 Å². The van der Waals surface area contributed by atoms with Crippen LogP contribution in [0, 0.1) is 0 Å². The van der Waals surface area contributed by atoms with E-state index in [0.717, 1.165) is 19.3 Å². The van der Waals surface area contributed by atoms with Crippen LogP contribution in [-0.4, -0.2) is 83.7 Å². The highest BCUT2D eigenvalue weighted by molar-refractivity contribution is 5.69. The van der Waals surface area contributed by atoms with Crippen molar-refractivity contribution in [1.29, 1.82) is 0 Å². The molecule has 0 aliphatic heterocycles. The normalized spacial score (nSPS) is 11.3. The molecule has 0 atom stereocenters. The summed E-state index contributed by atoms with van der Waals surface area (Å²) in [6.45, 7) is 11.7. The van der Waals surface area contributed by atoms with Gasteiger partial charge in [-0.2, -0.15) is 0 Å². The molecule has 0 fully saturated rings. The first-order chi connectivity index (χ1) is 14.3. The average Bonchev–Trinajstić information content (AvgIpc) is 2.66. The molecule has 0 aromatic heterocycles. The number of unbranched alkanes of at least 4 members (excludes halogenated alkanes) is 2. The molecule has 1 amide bonds. The van der Waals surface area contributed by atoms with Gasteiger partial charge in [-0.3, -0.25) is 4.79 Å². The third-order valence-electron chi connectivity index (χ3n) is 3.51. The molecule has 0 saturated carbocycles. The standard InChI is InChI=1S/C21H41NO8/c1-5-6-7-8-19(23)29-18-17-28-16-15-27-14-13-26-12-11-25-10-9-22-20(24)30-21(2,3)4/h5-18H2,1-4H3,(H,22,24).